The molecule has 2 aliphatic rings. The Hall–Kier alpha value is -0.790. The number of carboxylic acids is 1. The SMILES string of the molecule is C=C1C2CCCC1CC(C(=O)O)C2. The Kier molecular flexibility index (Phi) is 2.14. The van der Waals surface area contributed by atoms with E-state index in [-0.39, 0.29) is 5.92 Å². The van der Waals surface area contributed by atoms with Crippen molar-refractivity contribution in [3.63, 3.8) is 0 Å². The van der Waals surface area contributed by atoms with Crippen molar-refractivity contribution >= 4 is 5.97 Å². The van der Waals surface area contributed by atoms with Crippen LogP contribution in [0.25, 0.3) is 0 Å². The van der Waals surface area contributed by atoms with Crippen LogP contribution < -0.4 is 0 Å². The molecule has 0 heterocycles. The Bertz CT molecular complexity index is 228. The molecule has 1 N–H and O–H groups in total. The molecule has 0 aliphatic heterocycles. The van der Waals surface area contributed by atoms with Crippen LogP contribution in [-0.4, -0.2) is 11.1 Å². The van der Waals surface area contributed by atoms with Gasteiger partial charge in [-0.15, -0.1) is 0 Å². The normalized spacial score (nSPS) is 38.8. The summed E-state index contributed by atoms with van der Waals surface area (Å²) in [6, 6.07) is 0. The number of hydrogen-bond acceptors (Lipinski definition) is 1. The quantitative estimate of drug-likeness (QED) is 0.629. The summed E-state index contributed by atoms with van der Waals surface area (Å²) in [4.78, 5) is 10.9. The first kappa shape index (κ1) is 8.79. The second-order valence-electron chi connectivity index (χ2n) is 4.41. The Morgan fingerprint density at radius 1 is 1.31 bits per heavy atom. The number of hydrogen-bond donors (Lipinski definition) is 1. The summed E-state index contributed by atoms with van der Waals surface area (Å²) in [5.41, 5.74) is 1.34. The van der Waals surface area contributed by atoms with E-state index in [1.54, 1.807) is 0 Å². The van der Waals surface area contributed by atoms with Crippen molar-refractivity contribution in [3.8, 4) is 0 Å². The molecule has 0 aromatic heterocycles. The van der Waals surface area contributed by atoms with Crippen LogP contribution in [0.15, 0.2) is 12.2 Å². The Morgan fingerprint density at radius 3 is 2.31 bits per heavy atom. The molecule has 2 unspecified atom stereocenters. The Labute approximate surface area is 78.6 Å². The third kappa shape index (κ3) is 1.50. The van der Waals surface area contributed by atoms with Gasteiger partial charge in [0.25, 0.3) is 0 Å². The van der Waals surface area contributed by atoms with Gasteiger partial charge in [-0.3, -0.25) is 4.79 Å². The largest absolute Gasteiger partial charge is 0.481 e. The second kappa shape index (κ2) is 3.17. The van der Waals surface area contributed by atoms with Gasteiger partial charge in [0.2, 0.25) is 0 Å². The summed E-state index contributed by atoms with van der Waals surface area (Å²) < 4.78 is 0. The second-order valence-corrected chi connectivity index (χ2v) is 4.41. The van der Waals surface area contributed by atoms with E-state index < -0.39 is 5.97 Å². The lowest BCUT2D eigenvalue weighted by Gasteiger charge is -2.39. The molecule has 0 saturated heterocycles. The van der Waals surface area contributed by atoms with Gasteiger partial charge >= 0.3 is 5.97 Å². The maximum Gasteiger partial charge on any atom is 0.306 e. The fraction of sp³-hybridized carbons (Fsp3) is 0.727. The van der Waals surface area contributed by atoms with Crippen molar-refractivity contribution < 1.29 is 9.90 Å². The number of allylic oxidation sites excluding steroid dienone is 1. The minimum atomic E-state index is -0.607. The van der Waals surface area contributed by atoms with Crippen LogP contribution in [0.5, 0.6) is 0 Å². The zero-order valence-corrected chi connectivity index (χ0v) is 7.83. The molecule has 0 aromatic carbocycles. The summed E-state index contributed by atoms with van der Waals surface area (Å²) >= 11 is 0. The molecular formula is C11H16O2. The highest BCUT2D eigenvalue weighted by Crippen LogP contribution is 2.45. The molecule has 72 valence electrons. The highest BCUT2D eigenvalue weighted by Gasteiger charge is 2.37. The van der Waals surface area contributed by atoms with Gasteiger partial charge in [-0.1, -0.05) is 18.6 Å². The summed E-state index contributed by atoms with van der Waals surface area (Å²) in [7, 11) is 0. The van der Waals surface area contributed by atoms with Gasteiger partial charge in [0.1, 0.15) is 0 Å². The van der Waals surface area contributed by atoms with E-state index in [4.69, 9.17) is 5.11 Å². The molecule has 0 spiro atoms. The van der Waals surface area contributed by atoms with Gasteiger partial charge in [0.15, 0.2) is 0 Å². The van der Waals surface area contributed by atoms with E-state index >= 15 is 0 Å². The standard InChI is InChI=1S/C11H16O2/c1-7-8-3-2-4-9(7)6-10(5-8)11(12)13/h8-10H,1-6H2,(H,12,13). The fourth-order valence-electron chi connectivity index (χ4n) is 2.84. The molecule has 2 atom stereocenters. The smallest absolute Gasteiger partial charge is 0.306 e. The van der Waals surface area contributed by atoms with E-state index in [0.717, 1.165) is 12.8 Å². The predicted octanol–water partition coefficient (Wildman–Crippen LogP) is 2.45. The molecule has 2 aliphatic carbocycles. The number of rotatable bonds is 1. The molecular weight excluding hydrogens is 164 g/mol. The number of aliphatic carboxylic acids is 1. The van der Waals surface area contributed by atoms with Gasteiger partial charge in [-0.05, 0) is 37.5 Å². The van der Waals surface area contributed by atoms with Crippen LogP contribution >= 0.6 is 0 Å². The average Bonchev–Trinajstić information content (AvgIpc) is 2.02. The maximum absolute atomic E-state index is 10.9. The van der Waals surface area contributed by atoms with Crippen molar-refractivity contribution in [2.75, 3.05) is 0 Å². The van der Waals surface area contributed by atoms with Gasteiger partial charge in [-0.25, -0.2) is 0 Å². The van der Waals surface area contributed by atoms with E-state index in [9.17, 15) is 4.79 Å². The zero-order valence-electron chi connectivity index (χ0n) is 7.83. The molecule has 0 amide bonds. The van der Waals surface area contributed by atoms with Gasteiger partial charge < -0.3 is 5.11 Å². The van der Waals surface area contributed by atoms with Crippen molar-refractivity contribution in [2.45, 2.75) is 32.1 Å². The van der Waals surface area contributed by atoms with Gasteiger partial charge in [0, 0.05) is 0 Å². The van der Waals surface area contributed by atoms with Crippen LogP contribution in [0.1, 0.15) is 32.1 Å². The maximum atomic E-state index is 10.9. The minimum absolute atomic E-state index is 0.0965. The van der Waals surface area contributed by atoms with Crippen molar-refractivity contribution in [3.05, 3.63) is 12.2 Å². The van der Waals surface area contributed by atoms with E-state index in [0.29, 0.717) is 11.8 Å². The van der Waals surface area contributed by atoms with Crippen LogP contribution in [0, 0.1) is 17.8 Å². The van der Waals surface area contributed by atoms with E-state index in [2.05, 4.69) is 6.58 Å². The first-order valence-electron chi connectivity index (χ1n) is 5.10. The molecule has 2 bridgehead atoms. The first-order valence-corrected chi connectivity index (χ1v) is 5.10. The predicted molar refractivity (Wildman–Crippen MR) is 50.3 cm³/mol. The lowest BCUT2D eigenvalue weighted by Crippen LogP contribution is -2.32. The number of carboxylic acid groups (broad SMARTS) is 1. The van der Waals surface area contributed by atoms with Crippen molar-refractivity contribution in [1.29, 1.82) is 0 Å². The highest BCUT2D eigenvalue weighted by molar-refractivity contribution is 5.70. The van der Waals surface area contributed by atoms with E-state index in [1.807, 2.05) is 0 Å². The van der Waals surface area contributed by atoms with Crippen LogP contribution in [0.2, 0.25) is 0 Å². The van der Waals surface area contributed by atoms with Crippen LogP contribution in [0.4, 0.5) is 0 Å². The molecule has 2 saturated carbocycles. The topological polar surface area (TPSA) is 37.3 Å². The van der Waals surface area contributed by atoms with Gasteiger partial charge in [0.05, 0.1) is 5.92 Å². The van der Waals surface area contributed by atoms with E-state index in [1.165, 1.54) is 24.8 Å². The highest BCUT2D eigenvalue weighted by atomic mass is 16.4. The zero-order chi connectivity index (χ0) is 9.42. The monoisotopic (exact) mass is 180 g/mol. The fourth-order valence-corrected chi connectivity index (χ4v) is 2.84. The van der Waals surface area contributed by atoms with Crippen LogP contribution in [0.3, 0.4) is 0 Å². The minimum Gasteiger partial charge on any atom is -0.481 e. The third-order valence-corrected chi connectivity index (χ3v) is 3.64. The molecule has 2 rings (SSSR count). The lowest BCUT2D eigenvalue weighted by atomic mass is 9.65. The summed E-state index contributed by atoms with van der Waals surface area (Å²) in [5.74, 6) is 0.312. The Balaban J connectivity index is 2.11. The van der Waals surface area contributed by atoms with Crippen molar-refractivity contribution in [1.82, 2.24) is 0 Å². The number of fused-ring (bicyclic) bond motifs is 2. The summed E-state index contributed by atoms with van der Waals surface area (Å²) in [6.07, 6.45) is 5.27. The number of carbonyl (C=O) groups is 1. The molecule has 0 radical (unpaired) electrons. The van der Waals surface area contributed by atoms with Gasteiger partial charge in [-0.2, -0.15) is 0 Å². The summed E-state index contributed by atoms with van der Waals surface area (Å²) in [5, 5.41) is 8.95. The Morgan fingerprint density at radius 2 is 1.85 bits per heavy atom. The van der Waals surface area contributed by atoms with Crippen molar-refractivity contribution in [2.24, 2.45) is 17.8 Å². The molecule has 13 heavy (non-hydrogen) atoms. The summed E-state index contributed by atoms with van der Waals surface area (Å²) in [6.45, 7) is 4.10. The molecule has 2 heteroatoms. The first-order chi connectivity index (χ1) is 6.18. The molecule has 0 aromatic rings. The van der Waals surface area contributed by atoms with Crippen LogP contribution in [-0.2, 0) is 4.79 Å². The molecule has 2 nitrogen and oxygen atoms in total. The third-order valence-electron chi connectivity index (χ3n) is 3.64. The molecule has 2 fully saturated rings. The average molecular weight is 180 g/mol. The lowest BCUT2D eigenvalue weighted by molar-refractivity contribution is -0.143.